The lowest BCUT2D eigenvalue weighted by Crippen LogP contribution is -2.36. The normalized spacial score (nSPS) is 16.5. The molecule has 0 bridgehead atoms. The Morgan fingerprint density at radius 1 is 1.22 bits per heavy atom. The van der Waals surface area contributed by atoms with Crippen LogP contribution < -0.4 is 4.90 Å². The Labute approximate surface area is 201 Å². The number of phosphoric acid groups is 1. The number of cyclic esters (lactones) is 1. The number of nitrogens with zero attached hydrogens (tertiary/aromatic N) is 6. The molecule has 1 fully saturated rings. The Hall–Kier alpha value is -3.43. The predicted molar refractivity (Wildman–Crippen MR) is 116 cm³/mol. The van der Waals surface area contributed by atoms with Crippen molar-refractivity contribution in [3.05, 3.63) is 42.3 Å². The first kappa shape index (κ1) is 27.2. The van der Waals surface area contributed by atoms with Gasteiger partial charge in [-0.3, -0.25) is 9.88 Å². The number of alkyl halides is 2. The van der Waals surface area contributed by atoms with Crippen LogP contribution >= 0.6 is 7.82 Å². The molecule has 1 amide bonds. The number of tetrazole rings is 1. The van der Waals surface area contributed by atoms with Gasteiger partial charge in [-0.15, -0.1) is 10.2 Å². The Morgan fingerprint density at radius 3 is 2.44 bits per heavy atom. The highest BCUT2D eigenvalue weighted by molar-refractivity contribution is 7.45. The Morgan fingerprint density at radius 2 is 1.92 bits per heavy atom. The molecule has 2 aromatic heterocycles. The fraction of sp³-hybridized carbons (Fsp3) is 0.316. The molecule has 4 rings (SSSR count). The van der Waals surface area contributed by atoms with Gasteiger partial charge in [-0.05, 0) is 36.4 Å². The fourth-order valence-electron chi connectivity index (χ4n) is 3.11. The summed E-state index contributed by atoms with van der Waals surface area (Å²) in [7, 11) is -4.64. The third kappa shape index (κ3) is 6.83. The Kier molecular flexibility index (Phi) is 8.37. The molecule has 1 aliphatic heterocycles. The van der Waals surface area contributed by atoms with Crippen molar-refractivity contribution >= 4 is 19.6 Å². The number of halogens is 3. The monoisotopic (exact) mass is 532 g/mol. The fourth-order valence-corrected chi connectivity index (χ4v) is 3.11. The summed E-state index contributed by atoms with van der Waals surface area (Å²) in [5.74, 6) is -0.301. The molecule has 1 saturated heterocycles. The van der Waals surface area contributed by atoms with Crippen LogP contribution in [0.5, 0.6) is 0 Å². The van der Waals surface area contributed by atoms with Gasteiger partial charge in [0.15, 0.2) is 12.2 Å². The van der Waals surface area contributed by atoms with Gasteiger partial charge in [-0.25, -0.2) is 22.5 Å². The van der Waals surface area contributed by atoms with Crippen molar-refractivity contribution in [3.63, 3.8) is 0 Å². The van der Waals surface area contributed by atoms with Gasteiger partial charge in [-0.2, -0.15) is 4.80 Å². The molecular formula is C19H20F3N6O7P. The number of carbonyl (C=O) groups is 1. The number of carbonyl (C=O) groups excluding carboxylic acids is 1. The lowest BCUT2D eigenvalue weighted by molar-refractivity contribution is -0.0641. The van der Waals surface area contributed by atoms with Gasteiger partial charge in [0.05, 0.1) is 18.8 Å². The molecule has 0 aliphatic carbocycles. The standard InChI is InChI=1S/C19H17F3N6O3.H3O4P/c1-2-28-25-18(24-26-28)14-6-3-10(8-23-14)12-5-4-11(7-13(12)20)27-9-15(31-19(27)30)16(29)17(21)22;1-5(2,3)4/h3-8,15-17,29H,2,9H2,1H3;(H3,1,2,3,4). The number of anilines is 1. The predicted octanol–water partition coefficient (Wildman–Crippen LogP) is 1.58. The van der Waals surface area contributed by atoms with E-state index in [0.29, 0.717) is 23.6 Å². The van der Waals surface area contributed by atoms with Crippen LogP contribution in [0.15, 0.2) is 36.5 Å². The van der Waals surface area contributed by atoms with Crippen molar-refractivity contribution in [3.8, 4) is 22.6 Å². The van der Waals surface area contributed by atoms with Gasteiger partial charge in [0.25, 0.3) is 6.43 Å². The third-order valence-corrected chi connectivity index (χ3v) is 4.78. The maximum absolute atomic E-state index is 14.8. The third-order valence-electron chi connectivity index (χ3n) is 4.78. The number of rotatable bonds is 6. The number of aliphatic hydroxyl groups excluding tert-OH is 1. The topological polar surface area (TPSA) is 184 Å². The number of amides is 1. The number of benzene rings is 1. The average molecular weight is 532 g/mol. The summed E-state index contributed by atoms with van der Waals surface area (Å²) >= 11 is 0. The summed E-state index contributed by atoms with van der Waals surface area (Å²) in [6.07, 6.45) is -6.05. The van der Waals surface area contributed by atoms with Gasteiger partial charge >= 0.3 is 13.9 Å². The lowest BCUT2D eigenvalue weighted by atomic mass is 10.1. The molecule has 13 nitrogen and oxygen atoms in total. The first-order valence-corrected chi connectivity index (χ1v) is 11.7. The molecule has 0 radical (unpaired) electrons. The molecule has 194 valence electrons. The largest absolute Gasteiger partial charge is 0.466 e. The van der Waals surface area contributed by atoms with Gasteiger partial charge in [0.2, 0.25) is 5.82 Å². The quantitative estimate of drug-likeness (QED) is 0.338. The van der Waals surface area contributed by atoms with Crippen LogP contribution in [0.3, 0.4) is 0 Å². The van der Waals surface area contributed by atoms with Crippen LogP contribution in [-0.2, 0) is 15.8 Å². The number of hydrogen-bond acceptors (Lipinski definition) is 8. The molecule has 0 spiro atoms. The molecule has 3 aromatic rings. The van der Waals surface area contributed by atoms with E-state index < -0.39 is 38.4 Å². The zero-order valence-electron chi connectivity index (χ0n) is 18.4. The highest BCUT2D eigenvalue weighted by atomic mass is 31.2. The lowest BCUT2D eigenvalue weighted by Gasteiger charge is -2.16. The number of aliphatic hydroxyl groups is 1. The van der Waals surface area contributed by atoms with Gasteiger partial charge in [0, 0.05) is 17.3 Å². The highest BCUT2D eigenvalue weighted by Crippen LogP contribution is 2.30. The molecule has 17 heteroatoms. The van der Waals surface area contributed by atoms with E-state index in [1.165, 1.54) is 23.1 Å². The number of aromatic nitrogens is 5. The van der Waals surface area contributed by atoms with Crippen molar-refractivity contribution in [2.75, 3.05) is 11.4 Å². The number of pyridine rings is 1. The second-order valence-electron chi connectivity index (χ2n) is 7.27. The summed E-state index contributed by atoms with van der Waals surface area (Å²) in [6, 6.07) is 7.27. The molecule has 0 saturated carbocycles. The molecule has 1 aromatic carbocycles. The van der Waals surface area contributed by atoms with Crippen LogP contribution in [0.25, 0.3) is 22.6 Å². The van der Waals surface area contributed by atoms with E-state index >= 15 is 0 Å². The summed E-state index contributed by atoms with van der Waals surface area (Å²) in [4.78, 5) is 40.2. The smallest absolute Gasteiger partial charge is 0.441 e. The molecule has 4 N–H and O–H groups in total. The van der Waals surface area contributed by atoms with Gasteiger partial charge in [-0.1, -0.05) is 6.07 Å². The molecule has 1 aliphatic rings. The van der Waals surface area contributed by atoms with E-state index in [9.17, 15) is 23.1 Å². The number of ether oxygens (including phenoxy) is 1. The summed E-state index contributed by atoms with van der Waals surface area (Å²) in [5.41, 5.74) is 1.31. The van der Waals surface area contributed by atoms with E-state index in [2.05, 4.69) is 20.4 Å². The van der Waals surface area contributed by atoms with Crippen LogP contribution in [-0.4, -0.2) is 76.2 Å². The summed E-state index contributed by atoms with van der Waals surface area (Å²) in [5, 5.41) is 21.3. The number of aryl methyl sites for hydroxylation is 1. The summed E-state index contributed by atoms with van der Waals surface area (Å²) < 4.78 is 53.7. The Bertz CT molecular complexity index is 1250. The Balaban J connectivity index is 0.000000658. The zero-order chi connectivity index (χ0) is 26.6. The summed E-state index contributed by atoms with van der Waals surface area (Å²) in [6.45, 7) is 2.12. The van der Waals surface area contributed by atoms with E-state index in [1.54, 1.807) is 12.1 Å². The van der Waals surface area contributed by atoms with Crippen molar-refractivity contribution < 1.29 is 47.1 Å². The van der Waals surface area contributed by atoms with Crippen molar-refractivity contribution in [1.82, 2.24) is 25.2 Å². The number of hydrogen-bond donors (Lipinski definition) is 4. The van der Waals surface area contributed by atoms with Crippen LogP contribution in [0.2, 0.25) is 0 Å². The van der Waals surface area contributed by atoms with Crippen LogP contribution in [0.1, 0.15) is 6.92 Å². The maximum atomic E-state index is 14.8. The van der Waals surface area contributed by atoms with Crippen molar-refractivity contribution in [2.45, 2.75) is 32.1 Å². The zero-order valence-corrected chi connectivity index (χ0v) is 19.3. The minimum absolute atomic E-state index is 0.125. The first-order valence-electron chi connectivity index (χ1n) is 10.1. The van der Waals surface area contributed by atoms with Gasteiger partial charge in [0.1, 0.15) is 11.5 Å². The SMILES string of the molecule is CCn1nnc(-c2ccc(-c3ccc(N4CC(C(O)C(F)F)OC4=O)cc3F)cn2)n1.O=P(O)(O)O. The molecule has 2 unspecified atom stereocenters. The second kappa shape index (κ2) is 11.1. The van der Waals surface area contributed by atoms with Crippen LogP contribution in [0.4, 0.5) is 23.7 Å². The van der Waals surface area contributed by atoms with E-state index in [0.717, 1.165) is 11.0 Å². The molecule has 36 heavy (non-hydrogen) atoms. The first-order chi connectivity index (χ1) is 16.9. The van der Waals surface area contributed by atoms with Crippen molar-refractivity contribution in [2.24, 2.45) is 0 Å². The maximum Gasteiger partial charge on any atom is 0.466 e. The molecule has 3 heterocycles. The van der Waals surface area contributed by atoms with E-state index in [1.807, 2.05) is 6.92 Å². The highest BCUT2D eigenvalue weighted by Gasteiger charge is 2.40. The van der Waals surface area contributed by atoms with Crippen molar-refractivity contribution in [1.29, 1.82) is 0 Å². The van der Waals surface area contributed by atoms with E-state index in [4.69, 9.17) is 24.0 Å². The second-order valence-corrected chi connectivity index (χ2v) is 8.30. The minimum Gasteiger partial charge on any atom is -0.441 e. The van der Waals surface area contributed by atoms with Crippen LogP contribution in [0, 0.1) is 5.82 Å². The van der Waals surface area contributed by atoms with E-state index in [-0.39, 0.29) is 17.8 Å². The van der Waals surface area contributed by atoms with Gasteiger partial charge < -0.3 is 24.5 Å². The molecular weight excluding hydrogens is 512 g/mol. The minimum atomic E-state index is -4.64. The average Bonchev–Trinajstić information content (AvgIpc) is 3.44. The molecule has 2 atom stereocenters.